The zero-order valence-corrected chi connectivity index (χ0v) is 19.3. The average molecular weight is 456 g/mol. The molecule has 1 saturated heterocycles. The molecule has 2 atom stereocenters. The molecule has 0 saturated carbocycles. The lowest BCUT2D eigenvalue weighted by molar-refractivity contribution is -0.121. The second-order valence-corrected chi connectivity index (χ2v) is 9.94. The molecule has 0 bridgehead atoms. The van der Waals surface area contributed by atoms with Crippen molar-refractivity contribution in [1.29, 1.82) is 0 Å². The quantitative estimate of drug-likeness (QED) is 0.714. The van der Waals surface area contributed by atoms with Gasteiger partial charge in [-0.25, -0.2) is 0 Å². The minimum Gasteiger partial charge on any atom is -0.493 e. The van der Waals surface area contributed by atoms with E-state index in [4.69, 9.17) is 9.47 Å². The van der Waals surface area contributed by atoms with Gasteiger partial charge in [0.25, 0.3) is 5.91 Å². The maximum atomic E-state index is 13.5. The molecule has 2 aromatic carbocycles. The van der Waals surface area contributed by atoms with E-state index in [9.17, 15) is 14.4 Å². The molecule has 32 heavy (non-hydrogen) atoms. The summed E-state index contributed by atoms with van der Waals surface area (Å²) < 4.78 is 10.3. The Hall–Kier alpha value is -3.20. The summed E-state index contributed by atoms with van der Waals surface area (Å²) in [6, 6.07) is 9.80. The molecule has 2 N–H and O–H groups in total. The number of fused-ring (bicyclic) bond motifs is 3. The molecule has 0 aromatic heterocycles. The van der Waals surface area contributed by atoms with Gasteiger partial charge in [0.2, 0.25) is 11.8 Å². The van der Waals surface area contributed by atoms with Crippen molar-refractivity contribution in [3.63, 3.8) is 0 Å². The van der Waals surface area contributed by atoms with E-state index in [1.165, 1.54) is 21.1 Å². The monoisotopic (exact) mass is 455 g/mol. The van der Waals surface area contributed by atoms with E-state index in [1.807, 2.05) is 19.9 Å². The number of nitrogens with zero attached hydrogens (tertiary/aromatic N) is 1. The molecule has 4 rings (SSSR count). The van der Waals surface area contributed by atoms with Crippen LogP contribution in [0.4, 0.5) is 11.4 Å². The van der Waals surface area contributed by atoms with Gasteiger partial charge < -0.3 is 25.0 Å². The normalized spacial score (nSPS) is 20.4. The van der Waals surface area contributed by atoms with Crippen LogP contribution in [0.25, 0.3) is 0 Å². The molecular weight excluding hydrogens is 430 g/mol. The fraction of sp³-hybridized carbons (Fsp3) is 0.348. The van der Waals surface area contributed by atoms with Crippen molar-refractivity contribution in [1.82, 2.24) is 4.90 Å². The molecule has 0 aliphatic carbocycles. The zero-order valence-electron chi connectivity index (χ0n) is 18.5. The summed E-state index contributed by atoms with van der Waals surface area (Å²) in [6.07, 6.45) is 0. The van der Waals surface area contributed by atoms with Gasteiger partial charge in [-0.3, -0.25) is 14.4 Å². The Morgan fingerprint density at radius 1 is 1.00 bits per heavy atom. The standard InChI is InChI=1S/C23H25N3O5S/c1-12(27)24-13-6-8-14(9-7-13)25-20(28)19-23(2,3)32-22-15-10-11-16(30-4)18(31-5)17(15)21(29)26(19)22/h6-11,19,22H,1-5H3,(H,24,27)(H,25,28)/t19-,22-/m1/s1. The van der Waals surface area contributed by atoms with E-state index in [1.54, 1.807) is 47.0 Å². The fourth-order valence-electron chi connectivity index (χ4n) is 4.31. The Labute approximate surface area is 190 Å². The highest BCUT2D eigenvalue weighted by molar-refractivity contribution is 8.01. The minimum absolute atomic E-state index is 0.170. The van der Waals surface area contributed by atoms with Gasteiger partial charge in [0, 0.05) is 28.6 Å². The second-order valence-electron chi connectivity index (χ2n) is 8.20. The number of benzene rings is 2. The van der Waals surface area contributed by atoms with Gasteiger partial charge >= 0.3 is 0 Å². The van der Waals surface area contributed by atoms with Crippen LogP contribution in [0.5, 0.6) is 11.5 Å². The fourth-order valence-corrected chi connectivity index (χ4v) is 5.89. The predicted octanol–water partition coefficient (Wildman–Crippen LogP) is 3.65. The number of nitrogens with one attached hydrogen (secondary N) is 2. The van der Waals surface area contributed by atoms with Gasteiger partial charge in [-0.05, 0) is 44.2 Å². The Morgan fingerprint density at radius 3 is 2.19 bits per heavy atom. The van der Waals surface area contributed by atoms with Crippen LogP contribution < -0.4 is 20.1 Å². The highest BCUT2D eigenvalue weighted by Crippen LogP contribution is 2.58. The summed E-state index contributed by atoms with van der Waals surface area (Å²) >= 11 is 1.57. The number of methoxy groups -OCH3 is 2. The summed E-state index contributed by atoms with van der Waals surface area (Å²) in [5, 5.41) is 5.32. The Kier molecular flexibility index (Phi) is 5.54. The largest absolute Gasteiger partial charge is 0.493 e. The molecule has 168 valence electrons. The van der Waals surface area contributed by atoms with E-state index in [0.717, 1.165) is 5.56 Å². The Morgan fingerprint density at radius 2 is 1.62 bits per heavy atom. The Bertz CT molecular complexity index is 1100. The van der Waals surface area contributed by atoms with Crippen LogP contribution >= 0.6 is 11.8 Å². The third kappa shape index (κ3) is 3.56. The first kappa shape index (κ1) is 22.0. The number of hydrogen-bond donors (Lipinski definition) is 2. The zero-order chi connectivity index (χ0) is 23.2. The van der Waals surface area contributed by atoms with E-state index < -0.39 is 10.8 Å². The van der Waals surface area contributed by atoms with Crippen LogP contribution in [0.1, 0.15) is 42.1 Å². The second kappa shape index (κ2) is 8.05. The lowest BCUT2D eigenvalue weighted by Crippen LogP contribution is -2.50. The number of rotatable bonds is 5. The molecule has 1 fully saturated rings. The summed E-state index contributed by atoms with van der Waals surface area (Å²) in [6.45, 7) is 5.36. The smallest absolute Gasteiger partial charge is 0.260 e. The lowest BCUT2D eigenvalue weighted by atomic mass is 10.0. The highest BCUT2D eigenvalue weighted by atomic mass is 32.2. The minimum atomic E-state index is -0.692. The van der Waals surface area contributed by atoms with Gasteiger partial charge in [0.1, 0.15) is 11.4 Å². The van der Waals surface area contributed by atoms with E-state index in [0.29, 0.717) is 28.4 Å². The van der Waals surface area contributed by atoms with Crippen molar-refractivity contribution in [3.05, 3.63) is 47.5 Å². The number of anilines is 2. The number of carbonyl (C=O) groups excluding carboxylic acids is 3. The molecule has 0 unspecified atom stereocenters. The summed E-state index contributed by atoms with van der Waals surface area (Å²) in [5.41, 5.74) is 2.48. The first-order chi connectivity index (χ1) is 15.2. The van der Waals surface area contributed by atoms with Gasteiger partial charge in [-0.1, -0.05) is 6.07 Å². The van der Waals surface area contributed by atoms with Crippen molar-refractivity contribution in [2.75, 3.05) is 24.9 Å². The Balaban J connectivity index is 1.63. The SMILES string of the molecule is COc1ccc2c(c1OC)C(=O)N1[C@@H]2SC(C)(C)[C@H]1C(=O)Nc1ccc(NC(C)=O)cc1. The number of ether oxygens (including phenoxy) is 2. The molecular formula is C23H25N3O5S. The van der Waals surface area contributed by atoms with Gasteiger partial charge in [-0.15, -0.1) is 11.8 Å². The van der Waals surface area contributed by atoms with Crippen LogP contribution in [0.15, 0.2) is 36.4 Å². The molecule has 3 amide bonds. The third-order valence-electron chi connectivity index (χ3n) is 5.62. The van der Waals surface area contributed by atoms with Gasteiger partial charge in [0.05, 0.1) is 19.8 Å². The van der Waals surface area contributed by atoms with Crippen LogP contribution in [0.3, 0.4) is 0 Å². The molecule has 8 nitrogen and oxygen atoms in total. The molecule has 9 heteroatoms. The molecule has 2 aliphatic heterocycles. The van der Waals surface area contributed by atoms with Crippen molar-refractivity contribution < 1.29 is 23.9 Å². The topological polar surface area (TPSA) is 97.0 Å². The van der Waals surface area contributed by atoms with Crippen LogP contribution in [-0.2, 0) is 9.59 Å². The van der Waals surface area contributed by atoms with Crippen LogP contribution in [-0.4, -0.2) is 47.6 Å². The summed E-state index contributed by atoms with van der Waals surface area (Å²) in [7, 11) is 3.02. The van der Waals surface area contributed by atoms with Crippen LogP contribution in [0, 0.1) is 0 Å². The predicted molar refractivity (Wildman–Crippen MR) is 123 cm³/mol. The van der Waals surface area contributed by atoms with Gasteiger partial charge in [0.15, 0.2) is 11.5 Å². The van der Waals surface area contributed by atoms with Gasteiger partial charge in [-0.2, -0.15) is 0 Å². The third-order valence-corrected chi connectivity index (χ3v) is 7.15. The number of carbonyl (C=O) groups is 3. The first-order valence-corrected chi connectivity index (χ1v) is 11.0. The van der Waals surface area contributed by atoms with E-state index in [2.05, 4.69) is 10.6 Å². The van der Waals surface area contributed by atoms with Crippen LogP contribution in [0.2, 0.25) is 0 Å². The molecule has 0 spiro atoms. The number of amides is 3. The van der Waals surface area contributed by atoms with Crippen molar-refractivity contribution in [3.8, 4) is 11.5 Å². The van der Waals surface area contributed by atoms with Crippen molar-refractivity contribution >= 4 is 40.9 Å². The molecule has 2 heterocycles. The first-order valence-electron chi connectivity index (χ1n) is 10.1. The highest BCUT2D eigenvalue weighted by Gasteiger charge is 2.58. The lowest BCUT2D eigenvalue weighted by Gasteiger charge is -2.29. The summed E-state index contributed by atoms with van der Waals surface area (Å²) in [5.74, 6) is 0.168. The maximum Gasteiger partial charge on any atom is 0.260 e. The van der Waals surface area contributed by atoms with E-state index >= 15 is 0 Å². The number of thioether (sulfide) groups is 1. The van der Waals surface area contributed by atoms with Crippen molar-refractivity contribution in [2.45, 2.75) is 36.9 Å². The molecule has 0 radical (unpaired) electrons. The van der Waals surface area contributed by atoms with E-state index in [-0.39, 0.29) is 23.1 Å². The molecule has 2 aliphatic rings. The molecule has 2 aromatic rings. The average Bonchev–Trinajstić information content (AvgIpc) is 3.17. The van der Waals surface area contributed by atoms with Crippen molar-refractivity contribution in [2.24, 2.45) is 0 Å². The number of hydrogen-bond acceptors (Lipinski definition) is 6. The summed E-state index contributed by atoms with van der Waals surface area (Å²) in [4.78, 5) is 39.7. The maximum absolute atomic E-state index is 13.5.